The van der Waals surface area contributed by atoms with E-state index in [9.17, 15) is 4.39 Å². The maximum atomic E-state index is 13.0. The van der Waals surface area contributed by atoms with E-state index in [-0.39, 0.29) is 12.4 Å². The normalized spacial score (nSPS) is 10.2. The van der Waals surface area contributed by atoms with Gasteiger partial charge in [0.25, 0.3) is 0 Å². The summed E-state index contributed by atoms with van der Waals surface area (Å²) in [6.07, 6.45) is 0. The highest BCUT2D eigenvalue weighted by atomic mass is 79.9. The van der Waals surface area contributed by atoms with Crippen LogP contribution in [0.3, 0.4) is 0 Å². The molecule has 0 fully saturated rings. The Morgan fingerprint density at radius 1 is 1.55 bits per heavy atom. The Balaban J connectivity index is 3.24. The summed E-state index contributed by atoms with van der Waals surface area (Å²) in [4.78, 5) is 0. The van der Waals surface area contributed by atoms with Crippen molar-refractivity contribution in [1.82, 2.24) is 0 Å². The van der Waals surface area contributed by atoms with Gasteiger partial charge in [-0.1, -0.05) is 11.6 Å². The van der Waals surface area contributed by atoms with Crippen molar-refractivity contribution in [3.63, 3.8) is 0 Å². The van der Waals surface area contributed by atoms with Gasteiger partial charge in [0.1, 0.15) is 5.82 Å². The maximum absolute atomic E-state index is 13.0. The fourth-order valence-corrected chi connectivity index (χ4v) is 1.63. The third-order valence-electron chi connectivity index (χ3n) is 1.29. The van der Waals surface area contributed by atoms with E-state index in [0.717, 1.165) is 0 Å². The molecule has 1 aromatic rings. The summed E-state index contributed by atoms with van der Waals surface area (Å²) in [6.45, 7) is 0.158. The molecule has 0 saturated heterocycles. The molecule has 0 amide bonds. The molecule has 0 saturated carbocycles. The molecular weight excluding hydrogens is 232 g/mol. The van der Waals surface area contributed by atoms with Crippen LogP contribution in [0.4, 0.5) is 4.39 Å². The standard InChI is InChI=1S/C7H6BrClFN/c8-6-2-5(9)1-4(3-11)7(6)10/h1-2H,3,11H2. The van der Waals surface area contributed by atoms with Gasteiger partial charge in [-0.05, 0) is 28.1 Å². The second-order valence-electron chi connectivity index (χ2n) is 2.06. The van der Waals surface area contributed by atoms with Crippen molar-refractivity contribution in [2.45, 2.75) is 6.54 Å². The quantitative estimate of drug-likeness (QED) is 0.748. The number of halogens is 3. The van der Waals surface area contributed by atoms with Crippen LogP contribution < -0.4 is 5.73 Å². The summed E-state index contributed by atoms with van der Waals surface area (Å²) < 4.78 is 13.3. The van der Waals surface area contributed by atoms with Crippen LogP contribution in [-0.2, 0) is 6.54 Å². The van der Waals surface area contributed by atoms with Gasteiger partial charge in [0.05, 0.1) is 4.47 Å². The molecule has 1 rings (SSSR count). The number of rotatable bonds is 1. The second-order valence-corrected chi connectivity index (χ2v) is 3.36. The highest BCUT2D eigenvalue weighted by molar-refractivity contribution is 9.10. The van der Waals surface area contributed by atoms with Crippen molar-refractivity contribution >= 4 is 27.5 Å². The zero-order chi connectivity index (χ0) is 8.43. The van der Waals surface area contributed by atoms with Crippen LogP contribution >= 0.6 is 27.5 Å². The molecule has 0 aliphatic carbocycles. The van der Waals surface area contributed by atoms with Crippen LogP contribution in [0, 0.1) is 5.82 Å². The Kier molecular flexibility index (Phi) is 2.87. The fraction of sp³-hybridized carbons (Fsp3) is 0.143. The number of hydrogen-bond donors (Lipinski definition) is 1. The Morgan fingerprint density at radius 2 is 2.18 bits per heavy atom. The van der Waals surface area contributed by atoms with Crippen molar-refractivity contribution in [3.05, 3.63) is 33.0 Å². The third-order valence-corrected chi connectivity index (χ3v) is 2.08. The fourth-order valence-electron chi connectivity index (χ4n) is 0.758. The van der Waals surface area contributed by atoms with Gasteiger partial charge in [0.15, 0.2) is 0 Å². The predicted molar refractivity (Wildman–Crippen MR) is 47.0 cm³/mol. The lowest BCUT2D eigenvalue weighted by Gasteiger charge is -2.01. The summed E-state index contributed by atoms with van der Waals surface area (Å²) >= 11 is 8.67. The summed E-state index contributed by atoms with van der Waals surface area (Å²) in [5, 5.41) is 0.485. The van der Waals surface area contributed by atoms with Crippen LogP contribution in [0.15, 0.2) is 16.6 Å². The van der Waals surface area contributed by atoms with Gasteiger partial charge in [-0.15, -0.1) is 0 Å². The molecule has 1 nitrogen and oxygen atoms in total. The zero-order valence-electron chi connectivity index (χ0n) is 5.57. The lowest BCUT2D eigenvalue weighted by molar-refractivity contribution is 0.604. The monoisotopic (exact) mass is 237 g/mol. The molecule has 11 heavy (non-hydrogen) atoms. The molecule has 0 heterocycles. The lowest BCUT2D eigenvalue weighted by atomic mass is 10.2. The highest BCUT2D eigenvalue weighted by Gasteiger charge is 2.05. The molecule has 2 N–H and O–H groups in total. The number of benzene rings is 1. The minimum Gasteiger partial charge on any atom is -0.326 e. The van der Waals surface area contributed by atoms with Crippen molar-refractivity contribution < 1.29 is 4.39 Å². The van der Waals surface area contributed by atoms with Crippen molar-refractivity contribution in [3.8, 4) is 0 Å². The van der Waals surface area contributed by atoms with E-state index in [0.29, 0.717) is 15.1 Å². The van der Waals surface area contributed by atoms with E-state index in [1.165, 1.54) is 12.1 Å². The molecule has 0 atom stereocenters. The van der Waals surface area contributed by atoms with Gasteiger partial charge in [-0.2, -0.15) is 0 Å². The minimum atomic E-state index is -0.336. The van der Waals surface area contributed by atoms with Crippen LogP contribution in [-0.4, -0.2) is 0 Å². The van der Waals surface area contributed by atoms with Gasteiger partial charge in [-0.3, -0.25) is 0 Å². The van der Waals surface area contributed by atoms with Crippen LogP contribution in [0.25, 0.3) is 0 Å². The number of hydrogen-bond acceptors (Lipinski definition) is 1. The predicted octanol–water partition coefficient (Wildman–Crippen LogP) is 2.70. The van der Waals surface area contributed by atoms with Crippen molar-refractivity contribution in [2.75, 3.05) is 0 Å². The maximum Gasteiger partial charge on any atom is 0.141 e. The molecule has 60 valence electrons. The Hall–Kier alpha value is -0.120. The van der Waals surface area contributed by atoms with Gasteiger partial charge in [0.2, 0.25) is 0 Å². The average molecular weight is 238 g/mol. The molecular formula is C7H6BrClFN. The molecule has 0 aliphatic heterocycles. The summed E-state index contributed by atoms with van der Waals surface area (Å²) in [7, 11) is 0. The highest BCUT2D eigenvalue weighted by Crippen LogP contribution is 2.23. The topological polar surface area (TPSA) is 26.0 Å². The van der Waals surface area contributed by atoms with E-state index in [1.807, 2.05) is 0 Å². The van der Waals surface area contributed by atoms with Crippen LogP contribution in [0.1, 0.15) is 5.56 Å². The van der Waals surface area contributed by atoms with E-state index in [1.54, 1.807) is 0 Å². The Bertz CT molecular complexity index is 277. The van der Waals surface area contributed by atoms with Gasteiger partial charge < -0.3 is 5.73 Å². The van der Waals surface area contributed by atoms with E-state index in [4.69, 9.17) is 17.3 Å². The summed E-state index contributed by atoms with van der Waals surface area (Å²) in [6, 6.07) is 3.01. The molecule has 0 aliphatic rings. The van der Waals surface area contributed by atoms with Crippen LogP contribution in [0.2, 0.25) is 5.02 Å². The van der Waals surface area contributed by atoms with Gasteiger partial charge in [-0.25, -0.2) is 4.39 Å². The van der Waals surface area contributed by atoms with Crippen LogP contribution in [0.5, 0.6) is 0 Å². The zero-order valence-corrected chi connectivity index (χ0v) is 7.91. The molecule has 0 radical (unpaired) electrons. The molecule has 0 unspecified atom stereocenters. The first-order valence-electron chi connectivity index (χ1n) is 2.98. The van der Waals surface area contributed by atoms with E-state index < -0.39 is 0 Å². The first-order chi connectivity index (χ1) is 5.15. The largest absolute Gasteiger partial charge is 0.326 e. The van der Waals surface area contributed by atoms with E-state index >= 15 is 0 Å². The molecule has 0 aromatic heterocycles. The van der Waals surface area contributed by atoms with E-state index in [2.05, 4.69) is 15.9 Å². The van der Waals surface area contributed by atoms with Gasteiger partial charge in [0, 0.05) is 17.1 Å². The molecule has 0 spiro atoms. The molecule has 0 bridgehead atoms. The smallest absolute Gasteiger partial charge is 0.141 e. The van der Waals surface area contributed by atoms with Crippen molar-refractivity contribution in [1.29, 1.82) is 0 Å². The second kappa shape index (κ2) is 3.52. The first kappa shape index (κ1) is 8.97. The number of nitrogens with two attached hydrogens (primary N) is 1. The lowest BCUT2D eigenvalue weighted by Crippen LogP contribution is -2.00. The molecule has 4 heteroatoms. The summed E-state index contributed by atoms with van der Waals surface area (Å²) in [5.41, 5.74) is 5.69. The Morgan fingerprint density at radius 3 is 2.73 bits per heavy atom. The first-order valence-corrected chi connectivity index (χ1v) is 4.15. The van der Waals surface area contributed by atoms with Gasteiger partial charge >= 0.3 is 0 Å². The SMILES string of the molecule is NCc1cc(Cl)cc(Br)c1F. The average Bonchev–Trinajstić information content (AvgIpc) is 1.96. The minimum absolute atomic E-state index is 0.158. The van der Waals surface area contributed by atoms with Crippen molar-refractivity contribution in [2.24, 2.45) is 5.73 Å². The Labute approximate surface area is 77.5 Å². The molecule has 1 aromatic carbocycles. The summed E-state index contributed by atoms with van der Waals surface area (Å²) in [5.74, 6) is -0.336. The third kappa shape index (κ3) is 1.92.